The van der Waals surface area contributed by atoms with Crippen LogP contribution in [0.5, 0.6) is 0 Å². The van der Waals surface area contributed by atoms with E-state index in [1.165, 1.54) is 22.3 Å². The zero-order valence-corrected chi connectivity index (χ0v) is 11.7. The lowest BCUT2D eigenvalue weighted by Gasteiger charge is -2.25. The predicted octanol–water partition coefficient (Wildman–Crippen LogP) is 5.37. The van der Waals surface area contributed by atoms with Gasteiger partial charge in [-0.25, -0.2) is 0 Å². The Morgan fingerprint density at radius 1 is 0.850 bits per heavy atom. The van der Waals surface area contributed by atoms with Gasteiger partial charge in [0.2, 0.25) is 0 Å². The summed E-state index contributed by atoms with van der Waals surface area (Å²) in [6.07, 6.45) is 8.81. The van der Waals surface area contributed by atoms with E-state index >= 15 is 0 Å². The van der Waals surface area contributed by atoms with E-state index in [9.17, 15) is 0 Å². The molecule has 0 fully saturated rings. The van der Waals surface area contributed by atoms with Crippen molar-refractivity contribution in [1.29, 1.82) is 0 Å². The van der Waals surface area contributed by atoms with Gasteiger partial charge >= 0.3 is 0 Å². The van der Waals surface area contributed by atoms with Gasteiger partial charge in [-0.3, -0.25) is 0 Å². The summed E-state index contributed by atoms with van der Waals surface area (Å²) in [5.41, 5.74) is 5.37. The molecule has 1 aliphatic carbocycles. The number of hydrogen-bond donors (Lipinski definition) is 0. The van der Waals surface area contributed by atoms with E-state index in [0.717, 1.165) is 0 Å². The van der Waals surface area contributed by atoms with Crippen LogP contribution < -0.4 is 0 Å². The highest BCUT2D eigenvalue weighted by Crippen LogP contribution is 2.40. The summed E-state index contributed by atoms with van der Waals surface area (Å²) < 4.78 is 0. The van der Waals surface area contributed by atoms with Crippen molar-refractivity contribution in [3.63, 3.8) is 0 Å². The smallest absolute Gasteiger partial charge is 0.0342 e. The highest BCUT2D eigenvalue weighted by atomic mass is 14.2. The Morgan fingerprint density at radius 3 is 2.15 bits per heavy atom. The molecule has 0 bridgehead atoms. The predicted molar refractivity (Wildman–Crippen MR) is 86.5 cm³/mol. The first-order valence-corrected chi connectivity index (χ1v) is 7.05. The largest absolute Gasteiger partial charge is 0.0835 e. The van der Waals surface area contributed by atoms with Crippen LogP contribution in [0.1, 0.15) is 24.0 Å². The van der Waals surface area contributed by atoms with Crippen molar-refractivity contribution in [3.05, 3.63) is 102 Å². The minimum absolute atomic E-state index is 0.327. The lowest BCUT2D eigenvalue weighted by atomic mass is 9.78. The molecule has 1 aliphatic rings. The highest BCUT2D eigenvalue weighted by molar-refractivity contribution is 5.78. The summed E-state index contributed by atoms with van der Waals surface area (Å²) in [5.74, 6) is 0.327. The van der Waals surface area contributed by atoms with Crippen LogP contribution in [0.4, 0.5) is 0 Å². The van der Waals surface area contributed by atoms with Crippen LogP contribution >= 0.6 is 0 Å². The van der Waals surface area contributed by atoms with Gasteiger partial charge in [-0.15, -0.1) is 0 Å². The zero-order chi connectivity index (χ0) is 13.8. The fraction of sp³-hybridized carbons (Fsp3) is 0.100. The van der Waals surface area contributed by atoms with Gasteiger partial charge < -0.3 is 0 Å². The Hall–Kier alpha value is -2.34. The van der Waals surface area contributed by atoms with Gasteiger partial charge in [0.05, 0.1) is 0 Å². The highest BCUT2D eigenvalue weighted by Gasteiger charge is 2.22. The van der Waals surface area contributed by atoms with E-state index in [-0.39, 0.29) is 0 Å². The molecule has 0 heteroatoms. The second-order valence-corrected chi connectivity index (χ2v) is 4.98. The van der Waals surface area contributed by atoms with E-state index in [0.29, 0.717) is 5.92 Å². The van der Waals surface area contributed by atoms with Crippen molar-refractivity contribution in [2.75, 3.05) is 0 Å². The lowest BCUT2D eigenvalue weighted by molar-refractivity contribution is 1.03. The maximum Gasteiger partial charge on any atom is 0.0342 e. The van der Waals surface area contributed by atoms with E-state index < -0.39 is 0 Å². The first-order valence-electron chi connectivity index (χ1n) is 7.05. The average molecular weight is 258 g/mol. The van der Waals surface area contributed by atoms with Crippen molar-refractivity contribution >= 4 is 5.57 Å². The maximum absolute atomic E-state index is 2.24. The molecule has 2 aromatic carbocycles. The monoisotopic (exact) mass is 258 g/mol. The summed E-state index contributed by atoms with van der Waals surface area (Å²) in [7, 11) is 0. The molecule has 0 radical (unpaired) electrons. The zero-order valence-electron chi connectivity index (χ0n) is 11.7. The summed E-state index contributed by atoms with van der Waals surface area (Å²) in [6.45, 7) is 2.11. The third-order valence-corrected chi connectivity index (χ3v) is 3.78. The van der Waals surface area contributed by atoms with E-state index in [4.69, 9.17) is 0 Å². The average Bonchev–Trinajstić information content (AvgIpc) is 2.55. The quantitative estimate of drug-likeness (QED) is 0.679. The first-order chi connectivity index (χ1) is 9.90. The molecule has 0 saturated heterocycles. The van der Waals surface area contributed by atoms with Crippen LogP contribution in [0.3, 0.4) is 0 Å². The molecule has 0 amide bonds. The molecule has 2 aromatic rings. The van der Waals surface area contributed by atoms with Crippen molar-refractivity contribution < 1.29 is 0 Å². The van der Waals surface area contributed by atoms with Crippen LogP contribution in [-0.4, -0.2) is 0 Å². The van der Waals surface area contributed by atoms with Crippen LogP contribution in [-0.2, 0) is 0 Å². The molecule has 0 saturated carbocycles. The summed E-state index contributed by atoms with van der Waals surface area (Å²) in [4.78, 5) is 0. The second kappa shape index (κ2) is 5.75. The SMILES string of the molecule is CC=C1C=CC=C(c2ccccc2)C1c1ccccc1. The molecule has 20 heavy (non-hydrogen) atoms. The Labute approximate surface area is 120 Å². The maximum atomic E-state index is 2.24. The molecule has 0 aliphatic heterocycles. The Kier molecular flexibility index (Phi) is 3.64. The van der Waals surface area contributed by atoms with Gasteiger partial charge in [-0.1, -0.05) is 85.0 Å². The Balaban J connectivity index is 2.12. The summed E-state index contributed by atoms with van der Waals surface area (Å²) in [6, 6.07) is 21.4. The Morgan fingerprint density at radius 2 is 1.50 bits per heavy atom. The lowest BCUT2D eigenvalue weighted by Crippen LogP contribution is -2.07. The van der Waals surface area contributed by atoms with Gasteiger partial charge in [-0.05, 0) is 29.2 Å². The second-order valence-electron chi connectivity index (χ2n) is 4.98. The van der Waals surface area contributed by atoms with Crippen LogP contribution in [0, 0.1) is 0 Å². The van der Waals surface area contributed by atoms with E-state index in [2.05, 4.69) is 91.9 Å². The first kappa shape index (κ1) is 12.7. The molecule has 3 rings (SSSR count). The third kappa shape index (κ3) is 2.37. The number of rotatable bonds is 2. The molecule has 0 nitrogen and oxygen atoms in total. The third-order valence-electron chi connectivity index (χ3n) is 3.78. The van der Waals surface area contributed by atoms with Gasteiger partial charge in [0.25, 0.3) is 0 Å². The van der Waals surface area contributed by atoms with E-state index in [1.807, 2.05) is 0 Å². The van der Waals surface area contributed by atoms with Crippen LogP contribution in [0.2, 0.25) is 0 Å². The van der Waals surface area contributed by atoms with Crippen LogP contribution in [0.15, 0.2) is 90.5 Å². The minimum atomic E-state index is 0.327. The molecule has 0 N–H and O–H groups in total. The summed E-state index contributed by atoms with van der Waals surface area (Å²) in [5, 5.41) is 0. The van der Waals surface area contributed by atoms with Crippen molar-refractivity contribution in [3.8, 4) is 0 Å². The topological polar surface area (TPSA) is 0 Å². The number of allylic oxidation sites excluding steroid dienone is 6. The fourth-order valence-electron chi connectivity index (χ4n) is 2.81. The molecule has 0 heterocycles. The number of hydrogen-bond acceptors (Lipinski definition) is 0. The molecule has 1 unspecified atom stereocenters. The summed E-state index contributed by atoms with van der Waals surface area (Å²) >= 11 is 0. The fourth-order valence-corrected chi connectivity index (χ4v) is 2.81. The van der Waals surface area contributed by atoms with Crippen molar-refractivity contribution in [2.24, 2.45) is 0 Å². The van der Waals surface area contributed by atoms with Crippen molar-refractivity contribution in [1.82, 2.24) is 0 Å². The van der Waals surface area contributed by atoms with Gasteiger partial charge in [0, 0.05) is 5.92 Å². The van der Waals surface area contributed by atoms with Crippen LogP contribution in [0.25, 0.3) is 5.57 Å². The molecule has 0 aromatic heterocycles. The molecular formula is C20H18. The van der Waals surface area contributed by atoms with Crippen molar-refractivity contribution in [2.45, 2.75) is 12.8 Å². The van der Waals surface area contributed by atoms with E-state index in [1.54, 1.807) is 0 Å². The molecule has 0 spiro atoms. The normalized spacial score (nSPS) is 19.9. The Bertz CT molecular complexity index is 658. The van der Waals surface area contributed by atoms with Gasteiger partial charge in [-0.2, -0.15) is 0 Å². The minimum Gasteiger partial charge on any atom is -0.0835 e. The number of benzene rings is 2. The molecule has 1 atom stereocenters. The molecule has 98 valence electrons. The van der Waals surface area contributed by atoms with Gasteiger partial charge in [0.15, 0.2) is 0 Å². The molecular weight excluding hydrogens is 240 g/mol. The standard InChI is InChI=1S/C20H18/c1-2-16-14-9-15-19(17-10-5-3-6-11-17)20(16)18-12-7-4-8-13-18/h2-15,20H,1H3. The van der Waals surface area contributed by atoms with Gasteiger partial charge in [0.1, 0.15) is 0 Å².